The molecule has 2 nitrogen and oxygen atoms in total. The molecule has 0 amide bonds. The minimum Gasteiger partial charge on any atom is -0.478 e. The van der Waals surface area contributed by atoms with Gasteiger partial charge in [-0.3, -0.25) is 0 Å². The number of carboxylic acid groups (broad SMARTS) is 1. The molecule has 0 aromatic carbocycles. The summed E-state index contributed by atoms with van der Waals surface area (Å²) in [5.41, 5.74) is -3.22. The topological polar surface area (TPSA) is 37.3 Å². The predicted octanol–water partition coefficient (Wildman–Crippen LogP) is 5.39. The average Bonchev–Trinajstić information content (AvgIpc) is 2.42. The maximum atomic E-state index is 13.2. The Hall–Kier alpha value is -1.84. The first-order chi connectivity index (χ1) is 11.8. The standard InChI is InChI=1S/C11H5F15O2/c1-3(4(27)28)7(17,18)9(21,22)11(25,26)10(23,24)8(19,20)5(12,13)2-6(14,15)16/h1-2H2,(H,27,28). The van der Waals surface area contributed by atoms with E-state index in [1.54, 1.807) is 6.58 Å². The molecule has 0 saturated carbocycles. The first-order valence-electron chi connectivity index (χ1n) is 6.07. The first-order valence-corrected chi connectivity index (χ1v) is 6.07. The molecule has 0 aliphatic carbocycles. The van der Waals surface area contributed by atoms with Crippen LogP contribution in [-0.4, -0.2) is 52.8 Å². The Bertz CT molecular complexity index is 630. The van der Waals surface area contributed by atoms with Crippen molar-refractivity contribution in [3.05, 3.63) is 12.2 Å². The van der Waals surface area contributed by atoms with E-state index in [4.69, 9.17) is 5.11 Å². The highest BCUT2D eigenvalue weighted by Gasteiger charge is 2.90. The molecule has 0 rings (SSSR count). The summed E-state index contributed by atoms with van der Waals surface area (Å²) in [5, 5.41) is 8.03. The largest absolute Gasteiger partial charge is 0.478 e. The zero-order chi connectivity index (χ0) is 23.4. The van der Waals surface area contributed by atoms with Crippen molar-refractivity contribution in [2.75, 3.05) is 0 Å². The van der Waals surface area contributed by atoms with E-state index in [2.05, 4.69) is 0 Å². The summed E-state index contributed by atoms with van der Waals surface area (Å²) in [6.07, 6.45) is -10.6. The third kappa shape index (κ3) is 3.70. The lowest BCUT2D eigenvalue weighted by Gasteiger charge is -2.41. The number of aliphatic carboxylic acids is 1. The highest BCUT2D eigenvalue weighted by molar-refractivity contribution is 5.88. The van der Waals surface area contributed by atoms with Gasteiger partial charge in [-0.15, -0.1) is 0 Å². The molecule has 0 atom stereocenters. The van der Waals surface area contributed by atoms with E-state index in [0.29, 0.717) is 0 Å². The van der Waals surface area contributed by atoms with E-state index < -0.39 is 59.7 Å². The molecule has 28 heavy (non-hydrogen) atoms. The van der Waals surface area contributed by atoms with Crippen LogP contribution in [0.5, 0.6) is 0 Å². The van der Waals surface area contributed by atoms with Crippen molar-refractivity contribution in [1.29, 1.82) is 0 Å². The average molecular weight is 454 g/mol. The second kappa shape index (κ2) is 6.60. The maximum Gasteiger partial charge on any atom is 0.395 e. The Labute approximate surface area is 143 Å². The van der Waals surface area contributed by atoms with Gasteiger partial charge in [-0.1, -0.05) is 6.58 Å². The molecule has 0 radical (unpaired) electrons. The lowest BCUT2D eigenvalue weighted by Crippen LogP contribution is -2.71. The normalized spacial score (nSPS) is 15.5. The van der Waals surface area contributed by atoms with Crippen LogP contribution in [0, 0.1) is 0 Å². The van der Waals surface area contributed by atoms with Gasteiger partial charge >= 0.3 is 47.7 Å². The van der Waals surface area contributed by atoms with Gasteiger partial charge < -0.3 is 5.11 Å². The molecule has 1 N–H and O–H groups in total. The van der Waals surface area contributed by atoms with Gasteiger partial charge in [0.05, 0.1) is 0 Å². The summed E-state index contributed by atoms with van der Waals surface area (Å²) >= 11 is 0. The molecule has 0 aliphatic heterocycles. The van der Waals surface area contributed by atoms with Gasteiger partial charge in [-0.25, -0.2) is 4.79 Å². The van der Waals surface area contributed by atoms with E-state index in [0.717, 1.165) is 0 Å². The molecule has 0 spiro atoms. The summed E-state index contributed by atoms with van der Waals surface area (Å²) in [4.78, 5) is 10.1. The number of rotatable bonds is 8. The van der Waals surface area contributed by atoms with Crippen molar-refractivity contribution in [1.82, 2.24) is 0 Å². The summed E-state index contributed by atoms with van der Waals surface area (Å²) < 4.78 is 193. The Morgan fingerprint density at radius 2 is 0.964 bits per heavy atom. The second-order valence-corrected chi connectivity index (χ2v) is 5.15. The monoisotopic (exact) mass is 454 g/mol. The van der Waals surface area contributed by atoms with Crippen LogP contribution >= 0.6 is 0 Å². The molecule has 0 aromatic heterocycles. The minimum atomic E-state index is -8.22. The van der Waals surface area contributed by atoms with Gasteiger partial charge in [-0.2, -0.15) is 65.9 Å². The summed E-state index contributed by atoms with van der Waals surface area (Å²) in [6.45, 7) is 1.65. The fourth-order valence-corrected chi connectivity index (χ4v) is 1.51. The van der Waals surface area contributed by atoms with Crippen molar-refractivity contribution >= 4 is 5.97 Å². The van der Waals surface area contributed by atoms with E-state index in [1.165, 1.54) is 0 Å². The van der Waals surface area contributed by atoms with Gasteiger partial charge in [0.15, 0.2) is 0 Å². The molecule has 166 valence electrons. The number of carbonyl (C=O) groups is 1. The van der Waals surface area contributed by atoms with Crippen molar-refractivity contribution in [3.63, 3.8) is 0 Å². The van der Waals surface area contributed by atoms with Crippen LogP contribution in [0.3, 0.4) is 0 Å². The van der Waals surface area contributed by atoms with Gasteiger partial charge in [-0.05, 0) is 0 Å². The molecule has 0 unspecified atom stereocenters. The molecule has 0 heterocycles. The summed E-state index contributed by atoms with van der Waals surface area (Å²) in [7, 11) is 0. The van der Waals surface area contributed by atoms with Crippen LogP contribution in [0.1, 0.15) is 6.42 Å². The van der Waals surface area contributed by atoms with Crippen LogP contribution < -0.4 is 0 Å². The van der Waals surface area contributed by atoms with Gasteiger partial charge in [0.1, 0.15) is 12.0 Å². The predicted molar refractivity (Wildman–Crippen MR) is 57.1 cm³/mol. The van der Waals surface area contributed by atoms with Crippen LogP contribution in [0.15, 0.2) is 12.2 Å². The van der Waals surface area contributed by atoms with Crippen molar-refractivity contribution in [3.8, 4) is 0 Å². The number of hydrogen-bond donors (Lipinski definition) is 1. The molecular weight excluding hydrogens is 449 g/mol. The van der Waals surface area contributed by atoms with Gasteiger partial charge in [0.2, 0.25) is 0 Å². The number of hydrogen-bond acceptors (Lipinski definition) is 1. The van der Waals surface area contributed by atoms with E-state index in [9.17, 15) is 70.7 Å². The third-order valence-electron chi connectivity index (χ3n) is 3.10. The highest BCUT2D eigenvalue weighted by Crippen LogP contribution is 2.61. The van der Waals surface area contributed by atoms with Gasteiger partial charge in [0.25, 0.3) is 0 Å². The number of carboxylic acids is 1. The molecule has 0 aromatic rings. The molecule has 0 aliphatic rings. The van der Waals surface area contributed by atoms with Crippen LogP contribution in [-0.2, 0) is 4.79 Å². The smallest absolute Gasteiger partial charge is 0.395 e. The van der Waals surface area contributed by atoms with E-state index in [-0.39, 0.29) is 0 Å². The third-order valence-corrected chi connectivity index (χ3v) is 3.10. The fourth-order valence-electron chi connectivity index (χ4n) is 1.51. The minimum absolute atomic E-state index is 1.65. The highest BCUT2D eigenvalue weighted by atomic mass is 19.4. The summed E-state index contributed by atoms with van der Waals surface area (Å²) in [5.74, 6) is -49.4. The van der Waals surface area contributed by atoms with E-state index in [1.807, 2.05) is 0 Å². The fraction of sp³-hybridized carbons (Fsp3) is 0.727. The molecule has 0 bridgehead atoms. The van der Waals surface area contributed by atoms with Crippen LogP contribution in [0.2, 0.25) is 0 Å². The Morgan fingerprint density at radius 1 is 0.643 bits per heavy atom. The zero-order valence-corrected chi connectivity index (χ0v) is 12.4. The van der Waals surface area contributed by atoms with E-state index >= 15 is 0 Å². The van der Waals surface area contributed by atoms with Crippen LogP contribution in [0.25, 0.3) is 0 Å². The van der Waals surface area contributed by atoms with Crippen molar-refractivity contribution in [2.24, 2.45) is 0 Å². The molecule has 0 fully saturated rings. The Kier molecular flexibility index (Phi) is 6.17. The lowest BCUT2D eigenvalue weighted by molar-refractivity contribution is -0.425. The Balaban J connectivity index is 6.51. The first kappa shape index (κ1) is 26.2. The van der Waals surface area contributed by atoms with Gasteiger partial charge in [0, 0.05) is 0 Å². The Morgan fingerprint density at radius 3 is 1.25 bits per heavy atom. The SMILES string of the molecule is C=C(C(=O)O)C(F)(F)C(F)(F)C(F)(F)C(F)(F)C(F)(F)C(F)(F)CC(F)(F)F. The number of alkyl halides is 15. The second-order valence-electron chi connectivity index (χ2n) is 5.15. The molecule has 17 heteroatoms. The van der Waals surface area contributed by atoms with Crippen LogP contribution in [0.4, 0.5) is 65.9 Å². The zero-order valence-electron chi connectivity index (χ0n) is 12.4. The molecule has 0 saturated heterocycles. The maximum absolute atomic E-state index is 13.2. The molecular formula is C11H5F15O2. The van der Waals surface area contributed by atoms with Crippen molar-refractivity contribution < 1.29 is 75.8 Å². The van der Waals surface area contributed by atoms with Crippen molar-refractivity contribution in [2.45, 2.75) is 48.1 Å². The number of halogens is 15. The summed E-state index contributed by atoms with van der Waals surface area (Å²) in [6, 6.07) is 0. The quantitative estimate of drug-likeness (QED) is 0.395. The lowest BCUT2D eigenvalue weighted by atomic mass is 9.88.